The molecule has 1 aliphatic heterocycles. The molecule has 5 rings (SSSR count). The van der Waals surface area contributed by atoms with Crippen LogP contribution < -0.4 is 5.32 Å². The Kier molecular flexibility index (Phi) is 5.38. The van der Waals surface area contributed by atoms with Crippen LogP contribution in [0.3, 0.4) is 0 Å². The van der Waals surface area contributed by atoms with E-state index in [1.54, 1.807) is 0 Å². The molecule has 30 heavy (non-hydrogen) atoms. The van der Waals surface area contributed by atoms with E-state index in [-0.39, 0.29) is 0 Å². The fraction of sp³-hybridized carbons (Fsp3) is 0.200. The average Bonchev–Trinajstić information content (AvgIpc) is 3.24. The van der Waals surface area contributed by atoms with Gasteiger partial charge in [-0.25, -0.2) is 4.68 Å². The van der Waals surface area contributed by atoms with Gasteiger partial charge in [-0.2, -0.15) is 5.10 Å². The highest BCUT2D eigenvalue weighted by Gasteiger charge is 2.19. The van der Waals surface area contributed by atoms with Gasteiger partial charge in [-0.3, -0.25) is 9.88 Å². The lowest BCUT2D eigenvalue weighted by atomic mass is 10.1. The predicted octanol–water partition coefficient (Wildman–Crippen LogP) is 4.01. The molecule has 0 atom stereocenters. The van der Waals surface area contributed by atoms with Crippen LogP contribution in [0.1, 0.15) is 5.56 Å². The third-order valence-corrected chi connectivity index (χ3v) is 5.58. The molecule has 4 aromatic rings. The summed E-state index contributed by atoms with van der Waals surface area (Å²) < 4.78 is 2.02. The van der Waals surface area contributed by atoms with Crippen molar-refractivity contribution in [1.29, 1.82) is 0 Å². The van der Waals surface area contributed by atoms with Crippen LogP contribution in [0.2, 0.25) is 0 Å². The number of rotatable bonds is 5. The Balaban J connectivity index is 1.51. The van der Waals surface area contributed by atoms with Gasteiger partial charge < -0.3 is 5.32 Å². The number of pyridine rings is 1. The van der Waals surface area contributed by atoms with Crippen LogP contribution in [0.25, 0.3) is 28.2 Å². The second-order valence-corrected chi connectivity index (χ2v) is 7.58. The molecule has 0 bridgehead atoms. The van der Waals surface area contributed by atoms with Crippen LogP contribution in [0, 0.1) is 0 Å². The SMILES string of the molecule is c1ccc(-c2ccc(-n3ncc(CN4CCNCC4)c3-c3ccccn3)cc2)cc1. The van der Waals surface area contributed by atoms with Crippen LogP contribution in [0.5, 0.6) is 0 Å². The highest BCUT2D eigenvalue weighted by Crippen LogP contribution is 2.28. The van der Waals surface area contributed by atoms with E-state index in [1.165, 1.54) is 16.7 Å². The number of benzene rings is 2. The molecule has 1 fully saturated rings. The largest absolute Gasteiger partial charge is 0.314 e. The van der Waals surface area contributed by atoms with Crippen LogP contribution in [-0.2, 0) is 6.54 Å². The summed E-state index contributed by atoms with van der Waals surface area (Å²) in [5.74, 6) is 0. The first-order valence-corrected chi connectivity index (χ1v) is 10.5. The van der Waals surface area contributed by atoms with Gasteiger partial charge in [0.1, 0.15) is 0 Å². The van der Waals surface area contributed by atoms with Gasteiger partial charge in [0.15, 0.2) is 0 Å². The van der Waals surface area contributed by atoms with Crippen molar-refractivity contribution in [2.24, 2.45) is 0 Å². The number of piperazine rings is 1. The van der Waals surface area contributed by atoms with Crippen molar-refractivity contribution < 1.29 is 0 Å². The topological polar surface area (TPSA) is 46.0 Å². The quantitative estimate of drug-likeness (QED) is 0.555. The smallest absolute Gasteiger partial charge is 0.0970 e. The summed E-state index contributed by atoms with van der Waals surface area (Å²) in [5.41, 5.74) is 6.69. The van der Waals surface area contributed by atoms with Gasteiger partial charge in [0, 0.05) is 44.5 Å². The van der Waals surface area contributed by atoms with Crippen molar-refractivity contribution in [3.05, 3.63) is 90.8 Å². The molecule has 1 N–H and O–H groups in total. The number of nitrogens with zero attached hydrogens (tertiary/aromatic N) is 4. The average molecular weight is 396 g/mol. The summed E-state index contributed by atoms with van der Waals surface area (Å²) >= 11 is 0. The van der Waals surface area contributed by atoms with Gasteiger partial charge in [0.25, 0.3) is 0 Å². The molecular weight excluding hydrogens is 370 g/mol. The Morgan fingerprint density at radius 1 is 0.800 bits per heavy atom. The lowest BCUT2D eigenvalue weighted by Gasteiger charge is -2.27. The maximum absolute atomic E-state index is 4.77. The minimum atomic E-state index is 0.885. The monoisotopic (exact) mass is 395 g/mol. The van der Waals surface area contributed by atoms with Crippen LogP contribution in [-0.4, -0.2) is 45.8 Å². The number of hydrogen-bond acceptors (Lipinski definition) is 4. The molecule has 3 heterocycles. The van der Waals surface area contributed by atoms with Crippen molar-refractivity contribution in [3.63, 3.8) is 0 Å². The summed E-state index contributed by atoms with van der Waals surface area (Å²) in [4.78, 5) is 7.11. The molecule has 0 spiro atoms. The Bertz CT molecular complexity index is 1080. The van der Waals surface area contributed by atoms with Crippen molar-refractivity contribution >= 4 is 0 Å². The summed E-state index contributed by atoms with van der Waals surface area (Å²) in [7, 11) is 0. The normalized spacial score (nSPS) is 14.7. The lowest BCUT2D eigenvalue weighted by molar-refractivity contribution is 0.233. The Hall–Kier alpha value is -3.28. The standard InChI is InChI=1S/C25H25N5/c1-2-6-20(7-3-1)21-9-11-23(12-10-21)30-25(24-8-4-5-13-27-24)22(18-28-30)19-29-16-14-26-15-17-29/h1-13,18,26H,14-17,19H2. The Morgan fingerprint density at radius 2 is 1.53 bits per heavy atom. The van der Waals surface area contributed by atoms with Gasteiger partial charge in [-0.05, 0) is 35.4 Å². The second-order valence-electron chi connectivity index (χ2n) is 7.58. The molecular formula is C25H25N5. The molecule has 0 aliphatic carbocycles. The summed E-state index contributed by atoms with van der Waals surface area (Å²) in [6.45, 7) is 5.06. The van der Waals surface area contributed by atoms with Crippen molar-refractivity contribution in [1.82, 2.24) is 25.0 Å². The third kappa shape index (κ3) is 3.90. The van der Waals surface area contributed by atoms with Gasteiger partial charge >= 0.3 is 0 Å². The van der Waals surface area contributed by atoms with Crippen LogP contribution in [0.15, 0.2) is 85.2 Å². The fourth-order valence-corrected chi connectivity index (χ4v) is 4.01. The molecule has 1 saturated heterocycles. The third-order valence-electron chi connectivity index (χ3n) is 5.58. The molecule has 1 aliphatic rings. The van der Waals surface area contributed by atoms with Gasteiger partial charge in [-0.1, -0.05) is 48.5 Å². The highest BCUT2D eigenvalue weighted by molar-refractivity contribution is 5.66. The van der Waals surface area contributed by atoms with E-state index in [0.717, 1.165) is 49.8 Å². The molecule has 5 nitrogen and oxygen atoms in total. The fourth-order valence-electron chi connectivity index (χ4n) is 4.01. The lowest BCUT2D eigenvalue weighted by Crippen LogP contribution is -2.42. The van der Waals surface area contributed by atoms with E-state index < -0.39 is 0 Å². The maximum Gasteiger partial charge on any atom is 0.0970 e. The first-order chi connectivity index (χ1) is 14.9. The van der Waals surface area contributed by atoms with E-state index in [2.05, 4.69) is 69.8 Å². The van der Waals surface area contributed by atoms with E-state index in [4.69, 9.17) is 5.10 Å². The van der Waals surface area contributed by atoms with E-state index >= 15 is 0 Å². The molecule has 0 unspecified atom stereocenters. The molecule has 0 amide bonds. The first-order valence-electron chi connectivity index (χ1n) is 10.5. The van der Waals surface area contributed by atoms with Gasteiger partial charge in [0.05, 0.1) is 23.3 Å². The van der Waals surface area contributed by atoms with E-state index in [0.29, 0.717) is 0 Å². The van der Waals surface area contributed by atoms with Crippen molar-refractivity contribution in [2.75, 3.05) is 26.2 Å². The zero-order valence-electron chi connectivity index (χ0n) is 16.9. The zero-order valence-corrected chi connectivity index (χ0v) is 16.9. The Morgan fingerprint density at radius 3 is 2.27 bits per heavy atom. The van der Waals surface area contributed by atoms with E-state index in [1.807, 2.05) is 35.3 Å². The van der Waals surface area contributed by atoms with Crippen LogP contribution >= 0.6 is 0 Å². The van der Waals surface area contributed by atoms with Gasteiger partial charge in [-0.15, -0.1) is 0 Å². The van der Waals surface area contributed by atoms with Crippen LogP contribution in [0.4, 0.5) is 0 Å². The predicted molar refractivity (Wildman–Crippen MR) is 120 cm³/mol. The maximum atomic E-state index is 4.77. The van der Waals surface area contributed by atoms with Crippen molar-refractivity contribution in [2.45, 2.75) is 6.54 Å². The number of aromatic nitrogens is 3. The van der Waals surface area contributed by atoms with Crippen molar-refractivity contribution in [3.8, 4) is 28.2 Å². The van der Waals surface area contributed by atoms with Gasteiger partial charge in [0.2, 0.25) is 0 Å². The minimum absolute atomic E-state index is 0.885. The summed E-state index contributed by atoms with van der Waals surface area (Å²) in [6.07, 6.45) is 3.84. The molecule has 5 heteroatoms. The number of nitrogens with one attached hydrogen (secondary N) is 1. The second kappa shape index (κ2) is 8.61. The molecule has 2 aromatic carbocycles. The Labute approximate surface area is 177 Å². The molecule has 0 saturated carbocycles. The van der Waals surface area contributed by atoms with E-state index in [9.17, 15) is 0 Å². The zero-order chi connectivity index (χ0) is 20.2. The summed E-state index contributed by atoms with van der Waals surface area (Å²) in [6, 6.07) is 25.1. The highest BCUT2D eigenvalue weighted by atomic mass is 15.3. The summed E-state index contributed by atoms with van der Waals surface area (Å²) in [5, 5.41) is 8.19. The molecule has 150 valence electrons. The molecule has 0 radical (unpaired) electrons. The molecule has 2 aromatic heterocycles. The number of hydrogen-bond donors (Lipinski definition) is 1. The minimum Gasteiger partial charge on any atom is -0.314 e. The first kappa shape index (κ1) is 18.7.